The molecule has 0 aromatic heterocycles. The quantitative estimate of drug-likeness (QED) is 0.782. The van der Waals surface area contributed by atoms with E-state index in [1.165, 1.54) is 7.11 Å². The Morgan fingerprint density at radius 2 is 1.95 bits per heavy atom. The number of carbonyl (C=O) groups excluding carboxylic acids is 2. The molecule has 0 radical (unpaired) electrons. The summed E-state index contributed by atoms with van der Waals surface area (Å²) >= 11 is 0. The fourth-order valence-electron chi connectivity index (χ4n) is 1.65. The summed E-state index contributed by atoms with van der Waals surface area (Å²) in [6.07, 6.45) is 0.817. The lowest BCUT2D eigenvalue weighted by molar-refractivity contribution is -0.118. The molecule has 21 heavy (non-hydrogen) atoms. The second-order valence-corrected chi connectivity index (χ2v) is 6.09. The van der Waals surface area contributed by atoms with Gasteiger partial charge in [0.25, 0.3) is 5.91 Å². The predicted octanol–water partition coefficient (Wildman–Crippen LogP) is -0.196. The van der Waals surface area contributed by atoms with Gasteiger partial charge in [0.05, 0.1) is 7.11 Å². The second kappa shape index (κ2) is 6.02. The van der Waals surface area contributed by atoms with Crippen LogP contribution in [0.2, 0.25) is 0 Å². The maximum absolute atomic E-state index is 12.0. The summed E-state index contributed by atoms with van der Waals surface area (Å²) in [6, 6.07) is 5.90. The molecule has 1 unspecified atom stereocenters. The standard InChI is InChI=1S/C12H13N3O5S/c1-20-9-4-2-8(3-5-9)6-14-21(18,19)10-7-13-12(17)15-11(10)16/h2-5,7,10,14H,6H2,1H3,(H,15,16,17). The molecule has 1 heterocycles. The van der Waals surface area contributed by atoms with Crippen LogP contribution in [0, 0.1) is 0 Å². The van der Waals surface area contributed by atoms with Gasteiger partial charge in [-0.1, -0.05) is 12.1 Å². The van der Waals surface area contributed by atoms with Crippen molar-refractivity contribution < 1.29 is 22.7 Å². The molecule has 0 saturated heterocycles. The minimum absolute atomic E-state index is 0.0118. The van der Waals surface area contributed by atoms with Crippen molar-refractivity contribution in [1.82, 2.24) is 10.0 Å². The molecule has 1 atom stereocenters. The van der Waals surface area contributed by atoms with Crippen LogP contribution in [0.4, 0.5) is 4.79 Å². The Bertz CT molecular complexity index is 681. The van der Waals surface area contributed by atoms with E-state index in [1.54, 1.807) is 24.3 Å². The summed E-state index contributed by atoms with van der Waals surface area (Å²) in [4.78, 5) is 25.6. The van der Waals surface area contributed by atoms with Crippen LogP contribution in [-0.4, -0.2) is 38.9 Å². The Morgan fingerprint density at radius 3 is 2.52 bits per heavy atom. The van der Waals surface area contributed by atoms with Crippen LogP contribution in [0.3, 0.4) is 0 Å². The molecule has 0 fully saturated rings. The molecule has 3 amide bonds. The highest BCUT2D eigenvalue weighted by atomic mass is 32.2. The van der Waals surface area contributed by atoms with Gasteiger partial charge < -0.3 is 4.74 Å². The summed E-state index contributed by atoms with van der Waals surface area (Å²) in [5.74, 6) is -0.267. The first-order chi connectivity index (χ1) is 9.92. The van der Waals surface area contributed by atoms with Crippen molar-refractivity contribution in [2.24, 2.45) is 4.99 Å². The maximum Gasteiger partial charge on any atom is 0.347 e. The minimum Gasteiger partial charge on any atom is -0.497 e. The molecule has 1 aliphatic rings. The Hall–Kier alpha value is -2.26. The summed E-state index contributed by atoms with van der Waals surface area (Å²) in [5, 5.41) is 0.317. The van der Waals surface area contributed by atoms with E-state index in [0.29, 0.717) is 11.3 Å². The average Bonchev–Trinajstić information content (AvgIpc) is 2.45. The van der Waals surface area contributed by atoms with Crippen LogP contribution >= 0.6 is 0 Å². The first kappa shape index (κ1) is 15.1. The second-order valence-electron chi connectivity index (χ2n) is 4.21. The third-order valence-electron chi connectivity index (χ3n) is 2.79. The number of ether oxygens (including phenoxy) is 1. The number of nitrogens with zero attached hydrogens (tertiary/aromatic N) is 1. The minimum atomic E-state index is -3.96. The first-order valence-electron chi connectivity index (χ1n) is 5.93. The van der Waals surface area contributed by atoms with Gasteiger partial charge in [-0.2, -0.15) is 0 Å². The smallest absolute Gasteiger partial charge is 0.347 e. The molecule has 2 N–H and O–H groups in total. The highest BCUT2D eigenvalue weighted by Crippen LogP contribution is 2.11. The van der Waals surface area contributed by atoms with Crippen molar-refractivity contribution in [3.63, 3.8) is 0 Å². The molecule has 0 aliphatic carbocycles. The van der Waals surface area contributed by atoms with Crippen molar-refractivity contribution in [2.75, 3.05) is 7.11 Å². The molecule has 1 aromatic carbocycles. The number of carbonyl (C=O) groups is 2. The first-order valence-corrected chi connectivity index (χ1v) is 7.47. The molecule has 1 aromatic rings. The van der Waals surface area contributed by atoms with Crippen LogP contribution in [-0.2, 0) is 21.4 Å². The van der Waals surface area contributed by atoms with E-state index in [9.17, 15) is 18.0 Å². The van der Waals surface area contributed by atoms with Gasteiger partial charge in [0.1, 0.15) is 5.75 Å². The van der Waals surface area contributed by atoms with Crippen molar-refractivity contribution in [1.29, 1.82) is 0 Å². The van der Waals surface area contributed by atoms with E-state index in [4.69, 9.17) is 4.74 Å². The SMILES string of the molecule is COc1ccc(CNS(=O)(=O)C2C=NC(=O)NC2=O)cc1. The van der Waals surface area contributed by atoms with Crippen molar-refractivity contribution in [3.8, 4) is 5.75 Å². The number of amides is 3. The fourth-order valence-corrected chi connectivity index (χ4v) is 2.76. The largest absolute Gasteiger partial charge is 0.497 e. The van der Waals surface area contributed by atoms with Gasteiger partial charge >= 0.3 is 6.03 Å². The number of urea groups is 1. The number of sulfonamides is 1. The van der Waals surface area contributed by atoms with Gasteiger partial charge in [-0.15, -0.1) is 0 Å². The molecule has 8 nitrogen and oxygen atoms in total. The van der Waals surface area contributed by atoms with Crippen molar-refractivity contribution >= 4 is 28.2 Å². The van der Waals surface area contributed by atoms with E-state index in [2.05, 4.69) is 9.71 Å². The molecule has 9 heteroatoms. The topological polar surface area (TPSA) is 114 Å². The third kappa shape index (κ3) is 3.64. The Labute approximate surface area is 121 Å². The van der Waals surface area contributed by atoms with Crippen LogP contribution in [0.1, 0.15) is 5.56 Å². The molecule has 0 saturated carbocycles. The lowest BCUT2D eigenvalue weighted by atomic mass is 10.2. The number of hydrogen-bond acceptors (Lipinski definition) is 5. The molecular weight excluding hydrogens is 298 g/mol. The highest BCUT2D eigenvalue weighted by Gasteiger charge is 2.34. The summed E-state index contributed by atoms with van der Waals surface area (Å²) in [6.45, 7) is 0.0118. The van der Waals surface area contributed by atoms with E-state index in [1.807, 2.05) is 5.32 Å². The molecular formula is C12H13N3O5S. The molecule has 0 spiro atoms. The Kier molecular flexibility index (Phi) is 4.34. The Balaban J connectivity index is 2.05. The molecule has 0 bridgehead atoms. The third-order valence-corrected chi connectivity index (χ3v) is 4.34. The van der Waals surface area contributed by atoms with E-state index >= 15 is 0 Å². The highest BCUT2D eigenvalue weighted by molar-refractivity contribution is 7.91. The number of hydrogen-bond donors (Lipinski definition) is 2. The Morgan fingerprint density at radius 1 is 1.29 bits per heavy atom. The molecule has 2 rings (SSSR count). The van der Waals surface area contributed by atoms with Gasteiger partial charge in [0, 0.05) is 12.8 Å². The van der Waals surface area contributed by atoms with Crippen LogP contribution in [0.25, 0.3) is 0 Å². The maximum atomic E-state index is 12.0. The van der Waals surface area contributed by atoms with Gasteiger partial charge in [-0.25, -0.2) is 22.9 Å². The van der Waals surface area contributed by atoms with Crippen LogP contribution in [0.5, 0.6) is 5.75 Å². The van der Waals surface area contributed by atoms with Crippen molar-refractivity contribution in [3.05, 3.63) is 29.8 Å². The number of aliphatic imine (C=N–C) groups is 1. The normalized spacial score (nSPS) is 18.4. The van der Waals surface area contributed by atoms with Crippen molar-refractivity contribution in [2.45, 2.75) is 11.8 Å². The van der Waals surface area contributed by atoms with E-state index < -0.39 is 27.2 Å². The molecule has 1 aliphatic heterocycles. The summed E-state index contributed by atoms with van der Waals surface area (Å²) in [5.41, 5.74) is 0.698. The summed E-state index contributed by atoms with van der Waals surface area (Å²) < 4.78 is 31.3. The monoisotopic (exact) mass is 311 g/mol. The number of rotatable bonds is 5. The number of benzene rings is 1. The number of nitrogens with one attached hydrogen (secondary N) is 2. The predicted molar refractivity (Wildman–Crippen MR) is 74.6 cm³/mol. The van der Waals surface area contributed by atoms with Gasteiger partial charge in [-0.05, 0) is 17.7 Å². The van der Waals surface area contributed by atoms with Gasteiger partial charge in [0.15, 0.2) is 5.25 Å². The average molecular weight is 311 g/mol. The van der Waals surface area contributed by atoms with Crippen LogP contribution in [0.15, 0.2) is 29.3 Å². The lowest BCUT2D eigenvalue weighted by Crippen LogP contribution is -2.50. The van der Waals surface area contributed by atoms with Gasteiger partial charge in [-0.3, -0.25) is 10.1 Å². The fraction of sp³-hybridized carbons (Fsp3) is 0.250. The number of imide groups is 1. The van der Waals surface area contributed by atoms with E-state index in [0.717, 1.165) is 6.21 Å². The summed E-state index contributed by atoms with van der Waals surface area (Å²) in [7, 11) is -2.44. The van der Waals surface area contributed by atoms with E-state index in [-0.39, 0.29) is 6.54 Å². The van der Waals surface area contributed by atoms with Crippen LogP contribution < -0.4 is 14.8 Å². The van der Waals surface area contributed by atoms with Gasteiger partial charge in [0.2, 0.25) is 10.0 Å². The lowest BCUT2D eigenvalue weighted by Gasteiger charge is -2.16. The molecule has 112 valence electrons. The zero-order valence-corrected chi connectivity index (χ0v) is 11.9. The zero-order chi connectivity index (χ0) is 15.5. The number of methoxy groups -OCH3 is 1. The zero-order valence-electron chi connectivity index (χ0n) is 11.1.